The zero-order valence-electron chi connectivity index (χ0n) is 7.29. The van der Waals surface area contributed by atoms with Crippen molar-refractivity contribution in [3.8, 4) is 0 Å². The molecular formula is C7H10N2O4. The fourth-order valence-corrected chi connectivity index (χ4v) is 1.07. The number of rotatable bonds is 2. The summed E-state index contributed by atoms with van der Waals surface area (Å²) >= 11 is 0. The fraction of sp³-hybridized carbons (Fsp3) is 0.571. The summed E-state index contributed by atoms with van der Waals surface area (Å²) in [6, 6.07) is -1.54. The first-order valence-corrected chi connectivity index (χ1v) is 3.71. The van der Waals surface area contributed by atoms with Gasteiger partial charge in [0.25, 0.3) is 0 Å². The number of β-lactam (4-membered cyclic amide) rings is 1. The maximum atomic E-state index is 10.9. The van der Waals surface area contributed by atoms with E-state index in [1.807, 2.05) is 0 Å². The van der Waals surface area contributed by atoms with Crippen LogP contribution in [0.5, 0.6) is 0 Å². The van der Waals surface area contributed by atoms with E-state index < -0.39 is 18.1 Å². The molecule has 2 atom stereocenters. The molecule has 1 aliphatic heterocycles. The predicted molar refractivity (Wildman–Crippen MR) is 41.6 cm³/mol. The minimum Gasteiger partial charge on any atom is -0.467 e. The Hall–Kier alpha value is -1.59. The monoisotopic (exact) mass is 186 g/mol. The molecule has 1 saturated heterocycles. The molecule has 2 unspecified atom stereocenters. The van der Waals surface area contributed by atoms with Gasteiger partial charge in [0, 0.05) is 6.92 Å². The van der Waals surface area contributed by atoms with Crippen molar-refractivity contribution in [2.75, 3.05) is 7.11 Å². The quantitative estimate of drug-likeness (QED) is 0.392. The Bertz CT molecular complexity index is 263. The minimum atomic E-state index is -0.787. The number of methoxy groups -OCH3 is 1. The van der Waals surface area contributed by atoms with Gasteiger partial charge in [0.05, 0.1) is 7.11 Å². The molecule has 13 heavy (non-hydrogen) atoms. The largest absolute Gasteiger partial charge is 0.467 e. The van der Waals surface area contributed by atoms with Crippen LogP contribution >= 0.6 is 0 Å². The van der Waals surface area contributed by atoms with Crippen molar-refractivity contribution in [1.82, 2.24) is 10.6 Å². The maximum Gasteiger partial charge on any atom is 0.331 e. The second-order valence-corrected chi connectivity index (χ2v) is 2.69. The van der Waals surface area contributed by atoms with Crippen LogP contribution in [-0.4, -0.2) is 37.0 Å². The number of carbonyl (C=O) groups excluding carboxylic acids is 3. The average molecular weight is 186 g/mol. The molecule has 1 heterocycles. The van der Waals surface area contributed by atoms with Crippen molar-refractivity contribution >= 4 is 17.8 Å². The first-order valence-electron chi connectivity index (χ1n) is 3.71. The summed E-state index contributed by atoms with van der Waals surface area (Å²) in [6.07, 6.45) is 0. The van der Waals surface area contributed by atoms with Crippen LogP contribution < -0.4 is 10.6 Å². The van der Waals surface area contributed by atoms with Crippen LogP contribution in [0, 0.1) is 0 Å². The van der Waals surface area contributed by atoms with E-state index in [1.165, 1.54) is 14.0 Å². The molecule has 2 N–H and O–H groups in total. The average Bonchev–Trinajstić information content (AvgIpc) is 2.09. The molecule has 0 spiro atoms. The number of ether oxygens (including phenoxy) is 1. The summed E-state index contributed by atoms with van der Waals surface area (Å²) in [5.74, 6) is -1.28. The third-order valence-electron chi connectivity index (χ3n) is 1.73. The van der Waals surface area contributed by atoms with E-state index in [4.69, 9.17) is 0 Å². The van der Waals surface area contributed by atoms with E-state index in [1.54, 1.807) is 0 Å². The first kappa shape index (κ1) is 9.50. The molecule has 1 fully saturated rings. The number of esters is 1. The lowest BCUT2D eigenvalue weighted by atomic mass is 9.99. The molecule has 0 aliphatic carbocycles. The lowest BCUT2D eigenvalue weighted by molar-refractivity contribution is -0.153. The summed E-state index contributed by atoms with van der Waals surface area (Å²) in [5.41, 5.74) is 0. The zero-order chi connectivity index (χ0) is 10.0. The Morgan fingerprint density at radius 1 is 1.54 bits per heavy atom. The molecule has 0 saturated carbocycles. The first-order chi connectivity index (χ1) is 6.06. The Morgan fingerprint density at radius 2 is 2.15 bits per heavy atom. The molecule has 0 radical (unpaired) electrons. The predicted octanol–water partition coefficient (Wildman–Crippen LogP) is -1.84. The van der Waals surface area contributed by atoms with Crippen LogP contribution in [0.1, 0.15) is 6.92 Å². The van der Waals surface area contributed by atoms with Crippen LogP contribution in [0.3, 0.4) is 0 Å². The van der Waals surface area contributed by atoms with Crippen molar-refractivity contribution < 1.29 is 19.1 Å². The molecule has 1 rings (SSSR count). The van der Waals surface area contributed by atoms with Crippen molar-refractivity contribution in [3.63, 3.8) is 0 Å². The van der Waals surface area contributed by atoms with E-state index in [2.05, 4.69) is 15.4 Å². The summed E-state index contributed by atoms with van der Waals surface area (Å²) < 4.78 is 4.41. The molecule has 0 aromatic carbocycles. The normalized spacial score (nSPS) is 25.5. The summed E-state index contributed by atoms with van der Waals surface area (Å²) in [5, 5.41) is 4.66. The summed E-state index contributed by atoms with van der Waals surface area (Å²) in [4.78, 5) is 32.4. The van der Waals surface area contributed by atoms with E-state index >= 15 is 0 Å². The van der Waals surface area contributed by atoms with Gasteiger partial charge in [-0.25, -0.2) is 4.79 Å². The van der Waals surface area contributed by atoms with E-state index in [0.717, 1.165) is 0 Å². The Labute approximate surface area is 74.6 Å². The summed E-state index contributed by atoms with van der Waals surface area (Å²) in [7, 11) is 1.22. The molecule has 72 valence electrons. The van der Waals surface area contributed by atoms with Crippen molar-refractivity contribution in [1.29, 1.82) is 0 Å². The Morgan fingerprint density at radius 3 is 2.54 bits per heavy atom. The van der Waals surface area contributed by atoms with Crippen LogP contribution in [-0.2, 0) is 19.1 Å². The third-order valence-corrected chi connectivity index (χ3v) is 1.73. The molecule has 6 nitrogen and oxygen atoms in total. The van der Waals surface area contributed by atoms with E-state index in [9.17, 15) is 14.4 Å². The van der Waals surface area contributed by atoms with Gasteiger partial charge in [-0.1, -0.05) is 0 Å². The lowest BCUT2D eigenvalue weighted by Gasteiger charge is -2.34. The highest BCUT2D eigenvalue weighted by molar-refractivity contribution is 6.01. The van der Waals surface area contributed by atoms with Crippen molar-refractivity contribution in [2.45, 2.75) is 19.0 Å². The molecule has 0 aromatic rings. The van der Waals surface area contributed by atoms with Crippen LogP contribution in [0.4, 0.5) is 0 Å². The molecule has 0 bridgehead atoms. The van der Waals surface area contributed by atoms with Crippen LogP contribution in [0.2, 0.25) is 0 Å². The number of nitrogens with one attached hydrogen (secondary N) is 2. The zero-order valence-corrected chi connectivity index (χ0v) is 7.29. The Kier molecular flexibility index (Phi) is 2.50. The van der Waals surface area contributed by atoms with Gasteiger partial charge in [-0.2, -0.15) is 0 Å². The van der Waals surface area contributed by atoms with Gasteiger partial charge < -0.3 is 15.4 Å². The Balaban J connectivity index is 2.56. The molecular weight excluding hydrogens is 176 g/mol. The van der Waals surface area contributed by atoms with Crippen molar-refractivity contribution in [2.24, 2.45) is 0 Å². The summed E-state index contributed by atoms with van der Waals surface area (Å²) in [6.45, 7) is 1.28. The number of hydrogen-bond acceptors (Lipinski definition) is 4. The SMILES string of the molecule is COC(=O)C1NC(=O)C1NC(C)=O. The standard InChI is InChI=1S/C7H10N2O4/c1-3(10)8-4-5(7(12)13-2)9-6(4)11/h4-5H,1-2H3,(H,8,10)(H,9,11). The van der Waals surface area contributed by atoms with Gasteiger partial charge in [0.15, 0.2) is 6.04 Å². The van der Waals surface area contributed by atoms with Gasteiger partial charge >= 0.3 is 5.97 Å². The topological polar surface area (TPSA) is 84.5 Å². The van der Waals surface area contributed by atoms with E-state index in [0.29, 0.717) is 0 Å². The molecule has 1 aliphatic rings. The minimum absolute atomic E-state index is 0.353. The van der Waals surface area contributed by atoms with Gasteiger partial charge in [-0.05, 0) is 0 Å². The van der Waals surface area contributed by atoms with Gasteiger partial charge in [-0.15, -0.1) is 0 Å². The van der Waals surface area contributed by atoms with Crippen LogP contribution in [0.15, 0.2) is 0 Å². The maximum absolute atomic E-state index is 10.9. The number of hydrogen-bond donors (Lipinski definition) is 2. The highest BCUT2D eigenvalue weighted by Crippen LogP contribution is 2.07. The van der Waals surface area contributed by atoms with Crippen molar-refractivity contribution in [3.05, 3.63) is 0 Å². The second-order valence-electron chi connectivity index (χ2n) is 2.69. The number of amides is 2. The molecule has 2 amide bonds. The van der Waals surface area contributed by atoms with Crippen LogP contribution in [0.25, 0.3) is 0 Å². The smallest absolute Gasteiger partial charge is 0.331 e. The van der Waals surface area contributed by atoms with E-state index in [-0.39, 0.29) is 11.8 Å². The number of carbonyl (C=O) groups is 3. The molecule has 0 aromatic heterocycles. The highest BCUT2D eigenvalue weighted by Gasteiger charge is 2.45. The fourth-order valence-electron chi connectivity index (χ4n) is 1.07. The van der Waals surface area contributed by atoms with Gasteiger partial charge in [-0.3, -0.25) is 9.59 Å². The van der Waals surface area contributed by atoms with Gasteiger partial charge in [0.1, 0.15) is 6.04 Å². The molecule has 6 heteroatoms. The highest BCUT2D eigenvalue weighted by atomic mass is 16.5. The lowest BCUT2D eigenvalue weighted by Crippen LogP contribution is -2.71. The van der Waals surface area contributed by atoms with Gasteiger partial charge in [0.2, 0.25) is 11.8 Å². The second kappa shape index (κ2) is 3.42. The third kappa shape index (κ3) is 1.77.